The highest BCUT2D eigenvalue weighted by atomic mass is 16.3. The fourth-order valence-corrected chi connectivity index (χ4v) is 1.93. The number of aryl methyl sites for hydroxylation is 1. The molecule has 1 aromatic heterocycles. The number of hydrogen-bond donors (Lipinski definition) is 1. The minimum Gasteiger partial charge on any atom is -0.466 e. The molecule has 2 rings (SSSR count). The molecule has 12 heavy (non-hydrogen) atoms. The highest BCUT2D eigenvalue weighted by Crippen LogP contribution is 2.34. The Morgan fingerprint density at radius 3 is 3.08 bits per heavy atom. The minimum absolute atomic E-state index is 0.304. The number of aliphatic hydroxyl groups excluding tert-OH is 1. The average molecular weight is 166 g/mol. The van der Waals surface area contributed by atoms with Gasteiger partial charge in [0, 0.05) is 12.0 Å². The van der Waals surface area contributed by atoms with Crippen LogP contribution in [0.3, 0.4) is 0 Å². The second-order valence-electron chi connectivity index (χ2n) is 3.80. The number of hydrogen-bond acceptors (Lipinski definition) is 2. The Hall–Kier alpha value is -0.760. The maximum absolute atomic E-state index is 9.69. The molecular weight excluding hydrogens is 152 g/mol. The molecule has 0 bridgehead atoms. The summed E-state index contributed by atoms with van der Waals surface area (Å²) in [5.74, 6) is 2.44. The van der Waals surface area contributed by atoms with Crippen LogP contribution in [-0.4, -0.2) is 5.11 Å². The summed E-state index contributed by atoms with van der Waals surface area (Å²) in [5.41, 5.74) is 1.01. The number of fused-ring (bicyclic) bond motifs is 1. The van der Waals surface area contributed by atoms with Gasteiger partial charge in [-0.15, -0.1) is 0 Å². The van der Waals surface area contributed by atoms with Gasteiger partial charge in [0.25, 0.3) is 0 Å². The average Bonchev–Trinajstić information content (AvgIpc) is 2.29. The van der Waals surface area contributed by atoms with Crippen molar-refractivity contribution in [1.82, 2.24) is 0 Å². The van der Waals surface area contributed by atoms with Crippen LogP contribution < -0.4 is 0 Å². The molecule has 0 amide bonds. The van der Waals surface area contributed by atoms with E-state index in [4.69, 9.17) is 4.42 Å². The van der Waals surface area contributed by atoms with Crippen LogP contribution in [0.5, 0.6) is 0 Å². The Balaban J connectivity index is 2.40. The highest BCUT2D eigenvalue weighted by molar-refractivity contribution is 5.26. The van der Waals surface area contributed by atoms with Crippen LogP contribution in [0.25, 0.3) is 0 Å². The van der Waals surface area contributed by atoms with Crippen molar-refractivity contribution in [3.63, 3.8) is 0 Å². The summed E-state index contributed by atoms with van der Waals surface area (Å²) in [7, 11) is 0. The first kappa shape index (κ1) is 7.87. The van der Waals surface area contributed by atoms with Gasteiger partial charge in [0.1, 0.15) is 11.5 Å². The predicted octanol–water partition coefficient (Wildman–Crippen LogP) is 2.20. The smallest absolute Gasteiger partial charge is 0.110 e. The molecule has 0 radical (unpaired) electrons. The van der Waals surface area contributed by atoms with Crippen LogP contribution in [0.1, 0.15) is 36.5 Å². The maximum atomic E-state index is 9.69. The first-order valence-corrected chi connectivity index (χ1v) is 4.44. The lowest BCUT2D eigenvalue weighted by Crippen LogP contribution is -2.14. The monoisotopic (exact) mass is 166 g/mol. The summed E-state index contributed by atoms with van der Waals surface area (Å²) in [6, 6.07) is 1.95. The third kappa shape index (κ3) is 1.16. The van der Waals surface area contributed by atoms with E-state index in [-0.39, 0.29) is 6.10 Å². The lowest BCUT2D eigenvalue weighted by atomic mass is 9.88. The zero-order valence-corrected chi connectivity index (χ0v) is 7.50. The van der Waals surface area contributed by atoms with Gasteiger partial charge < -0.3 is 9.52 Å². The third-order valence-corrected chi connectivity index (χ3v) is 2.48. The molecule has 1 aromatic rings. The Bertz CT molecular complexity index is 288. The number of rotatable bonds is 0. The van der Waals surface area contributed by atoms with Gasteiger partial charge in [-0.2, -0.15) is 0 Å². The van der Waals surface area contributed by atoms with Crippen molar-refractivity contribution in [2.45, 2.75) is 32.8 Å². The van der Waals surface area contributed by atoms with Crippen LogP contribution >= 0.6 is 0 Å². The third-order valence-electron chi connectivity index (χ3n) is 2.48. The number of furan rings is 1. The standard InChI is InChI=1S/C10H14O2/c1-6-3-9(11)8-5-7(2)12-10(8)4-6/h5-6,9,11H,3-4H2,1-2H3. The normalized spacial score (nSPS) is 28.6. The van der Waals surface area contributed by atoms with E-state index in [1.54, 1.807) is 0 Å². The van der Waals surface area contributed by atoms with Gasteiger partial charge >= 0.3 is 0 Å². The minimum atomic E-state index is -0.304. The van der Waals surface area contributed by atoms with Gasteiger partial charge in [-0.25, -0.2) is 0 Å². The van der Waals surface area contributed by atoms with Gasteiger partial charge in [-0.1, -0.05) is 6.92 Å². The van der Waals surface area contributed by atoms with Gasteiger partial charge in [0.15, 0.2) is 0 Å². The summed E-state index contributed by atoms with van der Waals surface area (Å²) >= 11 is 0. The second kappa shape index (κ2) is 2.63. The van der Waals surface area contributed by atoms with Crippen LogP contribution in [0.4, 0.5) is 0 Å². The van der Waals surface area contributed by atoms with E-state index in [0.717, 1.165) is 29.9 Å². The summed E-state index contributed by atoms with van der Waals surface area (Å²) in [6.45, 7) is 4.07. The van der Waals surface area contributed by atoms with Gasteiger partial charge in [-0.3, -0.25) is 0 Å². The lowest BCUT2D eigenvalue weighted by Gasteiger charge is -2.21. The molecule has 2 nitrogen and oxygen atoms in total. The molecule has 0 saturated carbocycles. The summed E-state index contributed by atoms with van der Waals surface area (Å²) in [6.07, 6.45) is 1.54. The van der Waals surface area contributed by atoms with Crippen LogP contribution in [0.15, 0.2) is 10.5 Å². The Labute approximate surface area is 72.2 Å². The zero-order chi connectivity index (χ0) is 8.72. The van der Waals surface area contributed by atoms with Crippen molar-refractivity contribution >= 4 is 0 Å². The molecule has 1 heterocycles. The second-order valence-corrected chi connectivity index (χ2v) is 3.80. The molecule has 2 heteroatoms. The molecule has 1 N–H and O–H groups in total. The summed E-state index contributed by atoms with van der Waals surface area (Å²) in [4.78, 5) is 0. The summed E-state index contributed by atoms with van der Waals surface area (Å²) in [5, 5.41) is 9.69. The molecule has 0 aliphatic heterocycles. The van der Waals surface area contributed by atoms with E-state index in [0.29, 0.717) is 5.92 Å². The quantitative estimate of drug-likeness (QED) is 0.641. The largest absolute Gasteiger partial charge is 0.466 e. The topological polar surface area (TPSA) is 33.4 Å². The Kier molecular flexibility index (Phi) is 1.72. The van der Waals surface area contributed by atoms with Crippen molar-refractivity contribution in [2.75, 3.05) is 0 Å². The zero-order valence-electron chi connectivity index (χ0n) is 7.50. The molecular formula is C10H14O2. The molecule has 0 aromatic carbocycles. The number of aliphatic hydroxyl groups is 1. The van der Waals surface area contributed by atoms with Crippen LogP contribution in [-0.2, 0) is 6.42 Å². The first-order valence-electron chi connectivity index (χ1n) is 4.44. The summed E-state index contributed by atoms with van der Waals surface area (Å²) < 4.78 is 5.49. The molecule has 66 valence electrons. The van der Waals surface area contributed by atoms with E-state index in [2.05, 4.69) is 6.92 Å². The van der Waals surface area contributed by atoms with E-state index >= 15 is 0 Å². The van der Waals surface area contributed by atoms with Crippen LogP contribution in [0, 0.1) is 12.8 Å². The SMILES string of the molecule is Cc1cc2c(o1)CC(C)CC2O. The Morgan fingerprint density at radius 1 is 1.58 bits per heavy atom. The molecule has 0 fully saturated rings. The van der Waals surface area contributed by atoms with Crippen LogP contribution in [0.2, 0.25) is 0 Å². The van der Waals surface area contributed by atoms with Crippen molar-refractivity contribution in [3.8, 4) is 0 Å². The molecule has 1 aliphatic rings. The lowest BCUT2D eigenvalue weighted by molar-refractivity contribution is 0.131. The molecule has 0 saturated heterocycles. The predicted molar refractivity (Wildman–Crippen MR) is 45.9 cm³/mol. The van der Waals surface area contributed by atoms with E-state index in [1.807, 2.05) is 13.0 Å². The van der Waals surface area contributed by atoms with Crippen molar-refractivity contribution < 1.29 is 9.52 Å². The molecule has 2 unspecified atom stereocenters. The Morgan fingerprint density at radius 2 is 2.33 bits per heavy atom. The van der Waals surface area contributed by atoms with Crippen molar-refractivity contribution in [2.24, 2.45) is 5.92 Å². The van der Waals surface area contributed by atoms with Crippen molar-refractivity contribution in [1.29, 1.82) is 0 Å². The fraction of sp³-hybridized carbons (Fsp3) is 0.600. The van der Waals surface area contributed by atoms with E-state index in [9.17, 15) is 5.11 Å². The molecule has 2 atom stereocenters. The van der Waals surface area contributed by atoms with E-state index in [1.165, 1.54) is 0 Å². The maximum Gasteiger partial charge on any atom is 0.110 e. The van der Waals surface area contributed by atoms with Gasteiger partial charge in [0.05, 0.1) is 6.10 Å². The molecule has 0 spiro atoms. The molecule has 1 aliphatic carbocycles. The first-order chi connectivity index (χ1) is 5.66. The van der Waals surface area contributed by atoms with E-state index < -0.39 is 0 Å². The highest BCUT2D eigenvalue weighted by Gasteiger charge is 2.25. The van der Waals surface area contributed by atoms with Crippen molar-refractivity contribution in [3.05, 3.63) is 23.2 Å². The van der Waals surface area contributed by atoms with Gasteiger partial charge in [-0.05, 0) is 25.3 Å². The fourth-order valence-electron chi connectivity index (χ4n) is 1.93. The van der Waals surface area contributed by atoms with Gasteiger partial charge in [0.2, 0.25) is 0 Å².